The highest BCUT2D eigenvalue weighted by molar-refractivity contribution is 7.89. The van der Waals surface area contributed by atoms with Gasteiger partial charge in [0.25, 0.3) is 0 Å². The molecule has 0 aliphatic carbocycles. The van der Waals surface area contributed by atoms with Crippen LogP contribution in [-0.2, 0) is 16.6 Å². The predicted molar refractivity (Wildman–Crippen MR) is 58.7 cm³/mol. The summed E-state index contributed by atoms with van der Waals surface area (Å²) in [5.74, 6) is 0.978. The molecule has 0 radical (unpaired) electrons. The summed E-state index contributed by atoms with van der Waals surface area (Å²) in [5.41, 5.74) is 0. The van der Waals surface area contributed by atoms with Gasteiger partial charge in [-0.2, -0.15) is 0 Å². The lowest BCUT2D eigenvalue weighted by Gasteiger charge is -2.09. The molecule has 5 nitrogen and oxygen atoms in total. The number of nitrogens with one attached hydrogen (secondary N) is 2. The van der Waals surface area contributed by atoms with Crippen molar-refractivity contribution in [2.24, 2.45) is 5.92 Å². The van der Waals surface area contributed by atoms with Crippen LogP contribution in [0.2, 0.25) is 0 Å². The first kappa shape index (κ1) is 12.2. The molecule has 15 heavy (non-hydrogen) atoms. The van der Waals surface area contributed by atoms with E-state index in [0.717, 1.165) is 6.42 Å². The van der Waals surface area contributed by atoms with E-state index in [-0.39, 0.29) is 18.2 Å². The molecule has 1 rings (SSSR count). The Morgan fingerprint density at radius 1 is 1.60 bits per heavy atom. The van der Waals surface area contributed by atoms with Crippen molar-refractivity contribution in [1.82, 2.24) is 14.7 Å². The summed E-state index contributed by atoms with van der Waals surface area (Å²) < 4.78 is 25.6. The smallest absolute Gasteiger partial charge is 0.212 e. The molecule has 0 bridgehead atoms. The molecule has 1 aromatic heterocycles. The second-order valence-corrected chi connectivity index (χ2v) is 5.50. The van der Waals surface area contributed by atoms with Crippen LogP contribution in [0.5, 0.6) is 0 Å². The number of aromatic amines is 1. The fourth-order valence-corrected chi connectivity index (χ4v) is 2.58. The summed E-state index contributed by atoms with van der Waals surface area (Å²) >= 11 is 0. The van der Waals surface area contributed by atoms with Crippen LogP contribution in [0.4, 0.5) is 0 Å². The van der Waals surface area contributed by atoms with Crippen LogP contribution in [0, 0.1) is 5.92 Å². The highest BCUT2D eigenvalue weighted by Gasteiger charge is 2.14. The molecule has 0 aliphatic rings. The third-order valence-corrected chi connectivity index (χ3v) is 3.81. The molecule has 0 fully saturated rings. The van der Waals surface area contributed by atoms with Crippen LogP contribution in [-0.4, -0.2) is 24.1 Å². The van der Waals surface area contributed by atoms with E-state index in [1.807, 2.05) is 13.8 Å². The molecule has 0 aromatic carbocycles. The first-order valence-electron chi connectivity index (χ1n) is 4.99. The number of hydrogen-bond acceptors (Lipinski definition) is 3. The van der Waals surface area contributed by atoms with Gasteiger partial charge in [-0.3, -0.25) is 0 Å². The monoisotopic (exact) mass is 231 g/mol. The van der Waals surface area contributed by atoms with E-state index >= 15 is 0 Å². The molecule has 1 aromatic rings. The van der Waals surface area contributed by atoms with Crippen molar-refractivity contribution in [1.29, 1.82) is 0 Å². The number of aromatic nitrogens is 2. The van der Waals surface area contributed by atoms with Gasteiger partial charge in [-0.05, 0) is 5.92 Å². The highest BCUT2D eigenvalue weighted by Crippen LogP contribution is 2.04. The summed E-state index contributed by atoms with van der Waals surface area (Å²) in [6.45, 7) is 4.13. The number of imidazole rings is 1. The lowest BCUT2D eigenvalue weighted by atomic mass is 10.2. The summed E-state index contributed by atoms with van der Waals surface area (Å²) in [5, 5.41) is 0. The van der Waals surface area contributed by atoms with Crippen molar-refractivity contribution >= 4 is 10.0 Å². The topological polar surface area (TPSA) is 74.8 Å². The summed E-state index contributed by atoms with van der Waals surface area (Å²) in [6.07, 6.45) is 4.12. The Kier molecular flexibility index (Phi) is 4.28. The maximum Gasteiger partial charge on any atom is 0.212 e. The third kappa shape index (κ3) is 4.44. The maximum atomic E-state index is 11.5. The lowest BCUT2D eigenvalue weighted by Crippen LogP contribution is -2.29. The second kappa shape index (κ2) is 5.27. The van der Waals surface area contributed by atoms with Crippen molar-refractivity contribution in [2.45, 2.75) is 26.8 Å². The largest absolute Gasteiger partial charge is 0.347 e. The fourth-order valence-electron chi connectivity index (χ4n) is 1.12. The van der Waals surface area contributed by atoms with Gasteiger partial charge in [-0.25, -0.2) is 18.1 Å². The molecule has 2 N–H and O–H groups in total. The maximum absolute atomic E-state index is 11.5. The zero-order valence-corrected chi connectivity index (χ0v) is 9.84. The molecule has 0 amide bonds. The summed E-state index contributed by atoms with van der Waals surface area (Å²) in [4.78, 5) is 6.78. The average molecular weight is 231 g/mol. The van der Waals surface area contributed by atoms with Crippen molar-refractivity contribution in [2.75, 3.05) is 5.75 Å². The summed E-state index contributed by atoms with van der Waals surface area (Å²) in [6, 6.07) is 0. The van der Waals surface area contributed by atoms with Crippen LogP contribution in [0.25, 0.3) is 0 Å². The van der Waals surface area contributed by atoms with Gasteiger partial charge in [0.15, 0.2) is 0 Å². The van der Waals surface area contributed by atoms with Gasteiger partial charge in [-0.1, -0.05) is 20.3 Å². The van der Waals surface area contributed by atoms with E-state index in [4.69, 9.17) is 0 Å². The molecule has 0 aliphatic heterocycles. The van der Waals surface area contributed by atoms with Gasteiger partial charge in [-0.15, -0.1) is 0 Å². The van der Waals surface area contributed by atoms with Gasteiger partial charge < -0.3 is 4.98 Å². The van der Waals surface area contributed by atoms with Crippen molar-refractivity contribution in [3.8, 4) is 0 Å². The minimum atomic E-state index is -3.18. The molecule has 1 atom stereocenters. The van der Waals surface area contributed by atoms with Crippen LogP contribution >= 0.6 is 0 Å². The quantitative estimate of drug-likeness (QED) is 0.763. The highest BCUT2D eigenvalue weighted by atomic mass is 32.2. The minimum absolute atomic E-state index is 0.171. The third-order valence-electron chi connectivity index (χ3n) is 2.22. The van der Waals surface area contributed by atoms with Gasteiger partial charge in [0, 0.05) is 12.4 Å². The molecule has 0 saturated carbocycles. The molecule has 86 valence electrons. The molecule has 6 heteroatoms. The van der Waals surface area contributed by atoms with E-state index in [1.54, 1.807) is 12.4 Å². The predicted octanol–water partition coefficient (Wildman–Crippen LogP) is 0.875. The average Bonchev–Trinajstić information content (AvgIpc) is 2.66. The van der Waals surface area contributed by atoms with Crippen LogP contribution in [0.1, 0.15) is 26.1 Å². The van der Waals surface area contributed by atoms with Crippen LogP contribution in [0.3, 0.4) is 0 Å². The lowest BCUT2D eigenvalue weighted by molar-refractivity contribution is 0.551. The molecule has 1 heterocycles. The molecule has 0 spiro atoms. The number of hydrogen-bond donors (Lipinski definition) is 2. The Labute approximate surface area is 90.4 Å². The minimum Gasteiger partial charge on any atom is -0.347 e. The molecule has 0 saturated heterocycles. The normalized spacial score (nSPS) is 14.0. The van der Waals surface area contributed by atoms with Gasteiger partial charge in [0.05, 0.1) is 12.3 Å². The van der Waals surface area contributed by atoms with Crippen LogP contribution < -0.4 is 4.72 Å². The van der Waals surface area contributed by atoms with Crippen molar-refractivity contribution < 1.29 is 8.42 Å². The fraction of sp³-hybridized carbons (Fsp3) is 0.667. The van der Waals surface area contributed by atoms with E-state index in [1.165, 1.54) is 0 Å². The van der Waals surface area contributed by atoms with E-state index in [2.05, 4.69) is 14.7 Å². The molecular formula is C9H17N3O2S. The second-order valence-electron chi connectivity index (χ2n) is 3.65. The van der Waals surface area contributed by atoms with Crippen molar-refractivity contribution in [3.63, 3.8) is 0 Å². The van der Waals surface area contributed by atoms with Gasteiger partial charge >= 0.3 is 0 Å². The van der Waals surface area contributed by atoms with E-state index < -0.39 is 10.0 Å². The Bertz CT molecular complexity index is 372. The first-order chi connectivity index (χ1) is 7.03. The number of sulfonamides is 1. The van der Waals surface area contributed by atoms with Gasteiger partial charge in [0.2, 0.25) is 10.0 Å². The Morgan fingerprint density at radius 3 is 2.87 bits per heavy atom. The standard InChI is InChI=1S/C9H17N3O2S/c1-3-8(2)7-15(13,14)12-6-9-10-4-5-11-9/h4-5,8,12H,3,6-7H2,1-2H3,(H,10,11)/t8-/m0/s1. The van der Waals surface area contributed by atoms with Crippen molar-refractivity contribution in [3.05, 3.63) is 18.2 Å². The number of H-pyrrole nitrogens is 1. The van der Waals surface area contributed by atoms with E-state index in [0.29, 0.717) is 5.82 Å². The summed E-state index contributed by atoms with van der Waals surface area (Å²) in [7, 11) is -3.18. The first-order valence-corrected chi connectivity index (χ1v) is 6.64. The zero-order valence-electron chi connectivity index (χ0n) is 9.03. The Morgan fingerprint density at radius 2 is 2.33 bits per heavy atom. The van der Waals surface area contributed by atoms with E-state index in [9.17, 15) is 8.42 Å². The van der Waals surface area contributed by atoms with Gasteiger partial charge in [0.1, 0.15) is 5.82 Å². The number of rotatable bonds is 6. The molecular weight excluding hydrogens is 214 g/mol. The van der Waals surface area contributed by atoms with Crippen LogP contribution in [0.15, 0.2) is 12.4 Å². The Balaban J connectivity index is 2.43. The molecule has 0 unspecified atom stereocenters. The zero-order chi connectivity index (χ0) is 11.3. The Hall–Kier alpha value is -0.880. The number of nitrogens with zero attached hydrogens (tertiary/aromatic N) is 1. The SMILES string of the molecule is CC[C@H](C)CS(=O)(=O)NCc1ncc[nH]1.